The minimum atomic E-state index is -2.56. The average molecular weight is 508 g/mol. The van der Waals surface area contributed by atoms with Gasteiger partial charge in [0.2, 0.25) is 5.92 Å². The second-order valence-electron chi connectivity index (χ2n) is 11.1. The van der Waals surface area contributed by atoms with E-state index < -0.39 is 5.92 Å². The first-order valence-electron chi connectivity index (χ1n) is 13.4. The number of nitrogens with zero attached hydrogens (tertiary/aromatic N) is 4. The third kappa shape index (κ3) is 5.42. The molecule has 2 saturated carbocycles. The molecule has 3 heterocycles. The van der Waals surface area contributed by atoms with E-state index in [1.807, 2.05) is 17.7 Å². The van der Waals surface area contributed by atoms with Gasteiger partial charge in [0.1, 0.15) is 4.83 Å². The molecule has 2 aromatic heterocycles. The first kappa shape index (κ1) is 25.1. The second-order valence-corrected chi connectivity index (χ2v) is 12.1. The molecule has 3 fully saturated rings. The molecule has 35 heavy (non-hydrogen) atoms. The monoisotopic (exact) mass is 507 g/mol. The van der Waals surface area contributed by atoms with E-state index in [0.29, 0.717) is 29.8 Å². The van der Waals surface area contributed by atoms with Crippen molar-refractivity contribution in [1.82, 2.24) is 24.9 Å². The van der Waals surface area contributed by atoms with E-state index in [4.69, 9.17) is 0 Å². The number of aryl methyl sites for hydroxylation is 1. The molecular formula is C26H39F2N5OS. The topological polar surface area (TPSA) is 53.4 Å². The molecule has 2 aliphatic carbocycles. The summed E-state index contributed by atoms with van der Waals surface area (Å²) in [5, 5.41) is 8.90. The summed E-state index contributed by atoms with van der Waals surface area (Å²) in [6.45, 7) is 11.1. The van der Waals surface area contributed by atoms with Crippen LogP contribution < -0.4 is 5.32 Å². The van der Waals surface area contributed by atoms with Gasteiger partial charge in [-0.2, -0.15) is 5.10 Å². The number of aromatic nitrogens is 2. The van der Waals surface area contributed by atoms with Gasteiger partial charge in [0.15, 0.2) is 0 Å². The maximum atomic E-state index is 13.6. The molecule has 0 aromatic carbocycles. The van der Waals surface area contributed by atoms with E-state index in [2.05, 4.69) is 34.1 Å². The van der Waals surface area contributed by atoms with Gasteiger partial charge in [-0.25, -0.2) is 8.78 Å². The highest BCUT2D eigenvalue weighted by atomic mass is 32.1. The third-order valence-corrected chi connectivity index (χ3v) is 9.58. The van der Waals surface area contributed by atoms with Crippen molar-refractivity contribution in [3.63, 3.8) is 0 Å². The molecule has 0 atom stereocenters. The Bertz CT molecular complexity index is 1020. The van der Waals surface area contributed by atoms with E-state index >= 15 is 0 Å². The van der Waals surface area contributed by atoms with Crippen LogP contribution in [0.4, 0.5) is 8.78 Å². The summed E-state index contributed by atoms with van der Waals surface area (Å²) in [7, 11) is 0. The van der Waals surface area contributed by atoms with E-state index in [-0.39, 0.29) is 30.8 Å². The fourth-order valence-electron chi connectivity index (χ4n) is 6.16. The van der Waals surface area contributed by atoms with Crippen LogP contribution in [0.5, 0.6) is 0 Å². The first-order chi connectivity index (χ1) is 16.7. The van der Waals surface area contributed by atoms with Crippen LogP contribution in [0.1, 0.15) is 86.6 Å². The first-order valence-corrected chi connectivity index (χ1v) is 14.2. The summed E-state index contributed by atoms with van der Waals surface area (Å²) < 4.78 is 29.2. The van der Waals surface area contributed by atoms with Gasteiger partial charge in [0.25, 0.3) is 5.91 Å². The normalized spacial score (nSPS) is 27.0. The van der Waals surface area contributed by atoms with Crippen LogP contribution in [-0.4, -0.2) is 75.7 Å². The number of rotatable bonds is 5. The molecule has 6 nitrogen and oxygen atoms in total. The Morgan fingerprint density at radius 3 is 2.34 bits per heavy atom. The predicted molar refractivity (Wildman–Crippen MR) is 137 cm³/mol. The summed E-state index contributed by atoms with van der Waals surface area (Å²) >= 11 is 1.45. The zero-order chi connectivity index (χ0) is 24.7. The largest absolute Gasteiger partial charge is 0.349 e. The number of piperazine rings is 1. The number of carbonyl (C=O) groups excluding carboxylic acids is 1. The number of nitrogens with one attached hydrogen (secondary N) is 1. The Labute approximate surface area is 211 Å². The number of hydrogen-bond donors (Lipinski definition) is 1. The van der Waals surface area contributed by atoms with Crippen LogP contribution in [0.25, 0.3) is 10.2 Å². The highest BCUT2D eigenvalue weighted by molar-refractivity contribution is 7.20. The molecule has 1 amide bonds. The van der Waals surface area contributed by atoms with Gasteiger partial charge in [0, 0.05) is 62.5 Å². The van der Waals surface area contributed by atoms with Crippen molar-refractivity contribution in [1.29, 1.82) is 0 Å². The van der Waals surface area contributed by atoms with E-state index in [1.54, 1.807) is 0 Å². The average Bonchev–Trinajstić information content (AvgIpc) is 3.41. The molecule has 0 radical (unpaired) electrons. The SMILES string of the molecule is Cc1nn(C2CCC(F)(F)CC2)c2sc(C(=O)NC3CCC(N4CCN(C(C)C)CC4)CC3)cc12. The lowest BCUT2D eigenvalue weighted by molar-refractivity contribution is -0.0445. The standard InChI is InChI=1S/C26H39F2N5OS/c1-17(2)31-12-14-32(15-13-31)20-6-4-19(5-7-20)29-24(34)23-16-22-18(3)30-33(25(22)35-23)21-8-10-26(27,28)11-9-21/h16-17,19-21H,4-15H2,1-3H3,(H,29,34). The number of thiophene rings is 1. The van der Waals surface area contributed by atoms with Crippen LogP contribution in [-0.2, 0) is 0 Å². The summed E-state index contributed by atoms with van der Waals surface area (Å²) in [5.41, 5.74) is 0.866. The van der Waals surface area contributed by atoms with Crippen molar-refractivity contribution in [2.24, 2.45) is 0 Å². The molecule has 2 aromatic rings. The number of amides is 1. The lowest BCUT2D eigenvalue weighted by Crippen LogP contribution is -2.53. The maximum Gasteiger partial charge on any atom is 0.261 e. The van der Waals surface area contributed by atoms with Crippen molar-refractivity contribution in [3.05, 3.63) is 16.6 Å². The Kier molecular flexibility index (Phi) is 7.21. The Morgan fingerprint density at radius 1 is 1.06 bits per heavy atom. The molecule has 9 heteroatoms. The molecule has 1 N–H and O–H groups in total. The highest BCUT2D eigenvalue weighted by Crippen LogP contribution is 2.41. The van der Waals surface area contributed by atoms with E-state index in [0.717, 1.165) is 67.8 Å². The van der Waals surface area contributed by atoms with Crippen molar-refractivity contribution >= 4 is 27.5 Å². The quantitative estimate of drug-likeness (QED) is 0.603. The fourth-order valence-corrected chi connectivity index (χ4v) is 7.30. The minimum Gasteiger partial charge on any atom is -0.349 e. The second kappa shape index (κ2) is 10.1. The Morgan fingerprint density at radius 2 is 1.71 bits per heavy atom. The molecule has 0 bridgehead atoms. The number of carbonyl (C=O) groups is 1. The van der Waals surface area contributed by atoms with Crippen molar-refractivity contribution < 1.29 is 13.6 Å². The summed E-state index contributed by atoms with van der Waals surface area (Å²) in [6, 6.07) is 3.40. The lowest BCUT2D eigenvalue weighted by Gasteiger charge is -2.43. The predicted octanol–water partition coefficient (Wildman–Crippen LogP) is 5.22. The number of hydrogen-bond acceptors (Lipinski definition) is 5. The molecule has 3 aliphatic rings. The van der Waals surface area contributed by atoms with E-state index in [1.165, 1.54) is 11.3 Å². The minimum absolute atomic E-state index is 0.0127. The zero-order valence-corrected chi connectivity index (χ0v) is 22.0. The van der Waals surface area contributed by atoms with Crippen LogP contribution in [0.15, 0.2) is 6.07 Å². The van der Waals surface area contributed by atoms with Crippen LogP contribution >= 0.6 is 11.3 Å². The van der Waals surface area contributed by atoms with Crippen LogP contribution in [0, 0.1) is 6.92 Å². The van der Waals surface area contributed by atoms with Crippen LogP contribution in [0.2, 0.25) is 0 Å². The molecule has 1 saturated heterocycles. The van der Waals surface area contributed by atoms with Gasteiger partial charge in [-0.1, -0.05) is 0 Å². The highest BCUT2D eigenvalue weighted by Gasteiger charge is 2.37. The van der Waals surface area contributed by atoms with Crippen molar-refractivity contribution in [2.45, 2.75) is 102 Å². The number of halogens is 2. The molecule has 5 rings (SSSR count). The molecular weight excluding hydrogens is 468 g/mol. The van der Waals surface area contributed by atoms with Gasteiger partial charge < -0.3 is 5.32 Å². The Hall–Kier alpha value is -1.58. The lowest BCUT2D eigenvalue weighted by atomic mass is 9.89. The number of fused-ring (bicyclic) bond motifs is 1. The van der Waals surface area contributed by atoms with Gasteiger partial charge in [-0.05, 0) is 65.4 Å². The fraction of sp³-hybridized carbons (Fsp3) is 0.769. The Balaban J connectivity index is 1.16. The summed E-state index contributed by atoms with van der Waals surface area (Å²) in [6.07, 6.45) is 5.00. The molecule has 1 aliphatic heterocycles. The summed E-state index contributed by atoms with van der Waals surface area (Å²) in [5.74, 6) is -2.57. The van der Waals surface area contributed by atoms with Gasteiger partial charge in [0.05, 0.1) is 16.6 Å². The van der Waals surface area contributed by atoms with Crippen molar-refractivity contribution in [3.8, 4) is 0 Å². The third-order valence-electron chi connectivity index (χ3n) is 8.45. The zero-order valence-electron chi connectivity index (χ0n) is 21.2. The van der Waals surface area contributed by atoms with Gasteiger partial charge in [-0.3, -0.25) is 19.3 Å². The van der Waals surface area contributed by atoms with Crippen LogP contribution in [0.3, 0.4) is 0 Å². The van der Waals surface area contributed by atoms with Gasteiger partial charge in [-0.15, -0.1) is 11.3 Å². The number of alkyl halides is 2. The van der Waals surface area contributed by atoms with E-state index in [9.17, 15) is 13.6 Å². The molecule has 0 spiro atoms. The smallest absolute Gasteiger partial charge is 0.261 e. The maximum absolute atomic E-state index is 13.6. The van der Waals surface area contributed by atoms with Crippen molar-refractivity contribution in [2.75, 3.05) is 26.2 Å². The summed E-state index contributed by atoms with van der Waals surface area (Å²) in [4.78, 5) is 19.9. The molecule has 0 unspecified atom stereocenters. The molecule has 194 valence electrons. The van der Waals surface area contributed by atoms with Gasteiger partial charge >= 0.3 is 0 Å².